The predicted octanol–water partition coefficient (Wildman–Crippen LogP) is 2.53. The summed E-state index contributed by atoms with van der Waals surface area (Å²) >= 11 is 1.68. The minimum atomic E-state index is 0.317. The first-order valence-corrected chi connectivity index (χ1v) is 6.32. The van der Waals surface area contributed by atoms with E-state index in [0.29, 0.717) is 6.79 Å². The number of fused-ring (bicyclic) bond motifs is 1. The molecule has 1 N–H and O–H groups in total. The molecule has 1 aromatic carbocycles. The predicted molar refractivity (Wildman–Crippen MR) is 66.9 cm³/mol. The monoisotopic (exact) mass is 248 g/mol. The highest BCUT2D eigenvalue weighted by molar-refractivity contribution is 7.09. The molecule has 1 aliphatic heterocycles. The fourth-order valence-electron chi connectivity index (χ4n) is 1.70. The number of benzene rings is 1. The second-order valence-electron chi connectivity index (χ2n) is 3.67. The molecule has 0 amide bonds. The van der Waals surface area contributed by atoms with E-state index in [-0.39, 0.29) is 0 Å². The van der Waals surface area contributed by atoms with Crippen LogP contribution in [0.3, 0.4) is 0 Å². The summed E-state index contributed by atoms with van der Waals surface area (Å²) in [4.78, 5) is 4.24. The van der Waals surface area contributed by atoms with Crippen LogP contribution in [0.5, 0.6) is 11.5 Å². The van der Waals surface area contributed by atoms with Crippen LogP contribution in [0.4, 0.5) is 5.69 Å². The average molecular weight is 248 g/mol. The standard InChI is InChI=1S/C12H12N2O2S/c1-2-10-11(16-8-15-10)7-9(1)13-4-3-12-14-5-6-17-12/h1-2,5-7,13H,3-4,8H2. The van der Waals surface area contributed by atoms with Gasteiger partial charge in [0.25, 0.3) is 0 Å². The molecule has 0 atom stereocenters. The van der Waals surface area contributed by atoms with Gasteiger partial charge in [-0.2, -0.15) is 0 Å². The van der Waals surface area contributed by atoms with Crippen LogP contribution in [0.15, 0.2) is 29.8 Å². The lowest BCUT2D eigenvalue weighted by molar-refractivity contribution is 0.174. The van der Waals surface area contributed by atoms with Crippen LogP contribution >= 0.6 is 11.3 Å². The van der Waals surface area contributed by atoms with Gasteiger partial charge in [0, 0.05) is 36.3 Å². The van der Waals surface area contributed by atoms with Gasteiger partial charge in [-0.15, -0.1) is 11.3 Å². The number of thiazole rings is 1. The Morgan fingerprint density at radius 2 is 2.24 bits per heavy atom. The fraction of sp³-hybridized carbons (Fsp3) is 0.250. The number of anilines is 1. The summed E-state index contributed by atoms with van der Waals surface area (Å²) < 4.78 is 10.6. The molecule has 17 heavy (non-hydrogen) atoms. The van der Waals surface area contributed by atoms with Crippen molar-refractivity contribution in [3.05, 3.63) is 34.8 Å². The molecule has 0 bridgehead atoms. The first-order valence-electron chi connectivity index (χ1n) is 5.44. The Morgan fingerprint density at radius 1 is 1.29 bits per heavy atom. The molecule has 3 rings (SSSR count). The number of nitrogens with one attached hydrogen (secondary N) is 1. The van der Waals surface area contributed by atoms with E-state index in [0.717, 1.165) is 35.2 Å². The molecule has 0 spiro atoms. The first kappa shape index (κ1) is 10.4. The molecular weight excluding hydrogens is 236 g/mol. The van der Waals surface area contributed by atoms with E-state index < -0.39 is 0 Å². The summed E-state index contributed by atoms with van der Waals surface area (Å²) in [6.45, 7) is 1.19. The van der Waals surface area contributed by atoms with Crippen LogP contribution in [-0.4, -0.2) is 18.3 Å². The zero-order chi connectivity index (χ0) is 11.5. The van der Waals surface area contributed by atoms with Crippen LogP contribution in [0.25, 0.3) is 0 Å². The zero-order valence-corrected chi connectivity index (χ0v) is 10.00. The average Bonchev–Trinajstić information content (AvgIpc) is 2.98. The molecule has 4 nitrogen and oxygen atoms in total. The molecule has 5 heteroatoms. The zero-order valence-electron chi connectivity index (χ0n) is 9.18. The minimum Gasteiger partial charge on any atom is -0.454 e. The summed E-state index contributed by atoms with van der Waals surface area (Å²) in [5.74, 6) is 1.62. The van der Waals surface area contributed by atoms with E-state index in [2.05, 4.69) is 10.3 Å². The highest BCUT2D eigenvalue weighted by atomic mass is 32.1. The van der Waals surface area contributed by atoms with Gasteiger partial charge in [-0.1, -0.05) is 0 Å². The second-order valence-corrected chi connectivity index (χ2v) is 4.65. The van der Waals surface area contributed by atoms with Gasteiger partial charge in [-0.05, 0) is 12.1 Å². The highest BCUT2D eigenvalue weighted by Crippen LogP contribution is 2.34. The highest BCUT2D eigenvalue weighted by Gasteiger charge is 2.12. The summed E-state index contributed by atoms with van der Waals surface area (Å²) in [6.07, 6.45) is 2.77. The molecule has 1 aromatic heterocycles. The van der Waals surface area contributed by atoms with Crippen LogP contribution in [0.2, 0.25) is 0 Å². The van der Waals surface area contributed by atoms with Gasteiger partial charge in [0.15, 0.2) is 11.5 Å². The molecule has 2 heterocycles. The lowest BCUT2D eigenvalue weighted by atomic mass is 10.2. The molecule has 0 saturated heterocycles. The number of aromatic nitrogens is 1. The van der Waals surface area contributed by atoms with Gasteiger partial charge in [0.05, 0.1) is 5.01 Å². The van der Waals surface area contributed by atoms with Crippen molar-refractivity contribution in [2.45, 2.75) is 6.42 Å². The number of ether oxygens (including phenoxy) is 2. The number of hydrogen-bond donors (Lipinski definition) is 1. The van der Waals surface area contributed by atoms with Gasteiger partial charge in [0.1, 0.15) is 0 Å². The largest absolute Gasteiger partial charge is 0.454 e. The van der Waals surface area contributed by atoms with Gasteiger partial charge in [-0.3, -0.25) is 0 Å². The van der Waals surface area contributed by atoms with Crippen molar-refractivity contribution in [2.75, 3.05) is 18.7 Å². The van der Waals surface area contributed by atoms with E-state index in [1.54, 1.807) is 11.3 Å². The maximum Gasteiger partial charge on any atom is 0.231 e. The van der Waals surface area contributed by atoms with Gasteiger partial charge in [0.2, 0.25) is 6.79 Å². The Morgan fingerprint density at radius 3 is 3.12 bits per heavy atom. The third-order valence-corrected chi connectivity index (χ3v) is 3.36. The summed E-state index contributed by atoms with van der Waals surface area (Å²) in [7, 11) is 0. The molecule has 0 aliphatic carbocycles. The van der Waals surface area contributed by atoms with Crippen LogP contribution in [-0.2, 0) is 6.42 Å². The Balaban J connectivity index is 1.58. The topological polar surface area (TPSA) is 43.4 Å². The van der Waals surface area contributed by atoms with Crippen molar-refractivity contribution < 1.29 is 9.47 Å². The maximum atomic E-state index is 5.32. The molecular formula is C12H12N2O2S. The molecule has 0 saturated carbocycles. The molecule has 0 fully saturated rings. The maximum absolute atomic E-state index is 5.32. The number of rotatable bonds is 4. The van der Waals surface area contributed by atoms with E-state index >= 15 is 0 Å². The number of nitrogens with zero attached hydrogens (tertiary/aromatic N) is 1. The van der Waals surface area contributed by atoms with E-state index in [9.17, 15) is 0 Å². The third-order valence-electron chi connectivity index (χ3n) is 2.52. The molecule has 0 radical (unpaired) electrons. The minimum absolute atomic E-state index is 0.317. The van der Waals surface area contributed by atoms with Crippen molar-refractivity contribution >= 4 is 17.0 Å². The molecule has 88 valence electrons. The fourth-order valence-corrected chi connectivity index (χ4v) is 2.32. The van der Waals surface area contributed by atoms with Crippen molar-refractivity contribution in [3.8, 4) is 11.5 Å². The normalized spacial score (nSPS) is 12.7. The van der Waals surface area contributed by atoms with Gasteiger partial charge >= 0.3 is 0 Å². The van der Waals surface area contributed by atoms with E-state index in [1.165, 1.54) is 0 Å². The van der Waals surface area contributed by atoms with Gasteiger partial charge < -0.3 is 14.8 Å². The smallest absolute Gasteiger partial charge is 0.231 e. The summed E-state index contributed by atoms with van der Waals surface area (Å²) in [5, 5.41) is 6.49. The van der Waals surface area contributed by atoms with E-state index in [1.807, 2.05) is 29.8 Å². The van der Waals surface area contributed by atoms with Crippen molar-refractivity contribution in [3.63, 3.8) is 0 Å². The van der Waals surface area contributed by atoms with Crippen molar-refractivity contribution in [2.24, 2.45) is 0 Å². The van der Waals surface area contributed by atoms with Crippen LogP contribution in [0, 0.1) is 0 Å². The van der Waals surface area contributed by atoms with Crippen LogP contribution in [0.1, 0.15) is 5.01 Å². The molecule has 2 aromatic rings. The Bertz CT molecular complexity index is 499. The third kappa shape index (κ3) is 2.34. The lowest BCUT2D eigenvalue weighted by Crippen LogP contribution is -2.04. The summed E-state index contributed by atoms with van der Waals surface area (Å²) in [5.41, 5.74) is 1.05. The van der Waals surface area contributed by atoms with Crippen LogP contribution < -0.4 is 14.8 Å². The Hall–Kier alpha value is -1.75. The van der Waals surface area contributed by atoms with E-state index in [4.69, 9.17) is 9.47 Å². The number of hydrogen-bond acceptors (Lipinski definition) is 5. The molecule has 0 unspecified atom stereocenters. The Labute approximate surface area is 103 Å². The van der Waals surface area contributed by atoms with Gasteiger partial charge in [-0.25, -0.2) is 4.98 Å². The first-order chi connectivity index (χ1) is 8.42. The summed E-state index contributed by atoms with van der Waals surface area (Å²) in [6, 6.07) is 5.88. The SMILES string of the molecule is c1csc(CCNc2ccc3c(c2)OCO3)n1. The second kappa shape index (κ2) is 4.63. The Kier molecular flexibility index (Phi) is 2.83. The lowest BCUT2D eigenvalue weighted by Gasteiger charge is -2.05. The van der Waals surface area contributed by atoms with Crippen molar-refractivity contribution in [1.82, 2.24) is 4.98 Å². The van der Waals surface area contributed by atoms with Crippen molar-refractivity contribution in [1.29, 1.82) is 0 Å². The molecule has 1 aliphatic rings. The quantitative estimate of drug-likeness (QED) is 0.903.